The summed E-state index contributed by atoms with van der Waals surface area (Å²) in [6.45, 7) is 0. The monoisotopic (exact) mass is 341 g/mol. The van der Waals surface area contributed by atoms with Crippen LogP contribution in [-0.2, 0) is 21.3 Å². The van der Waals surface area contributed by atoms with Gasteiger partial charge in [0.15, 0.2) is 0 Å². The van der Waals surface area contributed by atoms with E-state index in [-0.39, 0.29) is 23.0 Å². The summed E-state index contributed by atoms with van der Waals surface area (Å²) in [7, 11) is -1.51. The van der Waals surface area contributed by atoms with Gasteiger partial charge in [-0.2, -0.15) is 0 Å². The highest BCUT2D eigenvalue weighted by molar-refractivity contribution is 7.84. The quantitative estimate of drug-likeness (QED) is 0.841. The second-order valence-electron chi connectivity index (χ2n) is 4.36. The second kappa shape index (κ2) is 7.24. The highest BCUT2D eigenvalue weighted by Crippen LogP contribution is 2.15. The summed E-state index contributed by atoms with van der Waals surface area (Å²) in [4.78, 5) is 22.4. The second-order valence-corrected chi connectivity index (χ2v) is 6.25. The number of carboxylic acids is 1. The van der Waals surface area contributed by atoms with Crippen molar-refractivity contribution in [3.63, 3.8) is 0 Å². The van der Waals surface area contributed by atoms with Crippen molar-refractivity contribution in [1.29, 1.82) is 0 Å². The van der Waals surface area contributed by atoms with E-state index in [1.165, 1.54) is 12.1 Å². The highest BCUT2D eigenvalue weighted by atomic mass is 35.5. The van der Waals surface area contributed by atoms with Gasteiger partial charge in [0.25, 0.3) is 0 Å². The number of carboxylic acid groups (broad SMARTS) is 1. The number of hydrogen-bond acceptors (Lipinski definition) is 4. The third-order valence-corrected chi connectivity index (χ3v) is 4.00. The largest absolute Gasteiger partial charge is 0.475 e. The van der Waals surface area contributed by atoms with Gasteiger partial charge in [0, 0.05) is 21.5 Å². The smallest absolute Gasteiger partial charge is 0.371 e. The van der Waals surface area contributed by atoms with Crippen LogP contribution in [0.15, 0.2) is 40.8 Å². The molecule has 2 aromatic rings. The molecule has 2 rings (SSSR count). The molecule has 1 amide bonds. The molecule has 1 atom stereocenters. The number of carbonyl (C=O) groups is 2. The van der Waals surface area contributed by atoms with Gasteiger partial charge in [-0.3, -0.25) is 9.00 Å². The summed E-state index contributed by atoms with van der Waals surface area (Å²) in [5.41, 5.74) is 0.515. The minimum atomic E-state index is -1.51. The SMILES string of the molecule is O=C(CS(=O)Cc1ccc(C(=O)O)o1)Nc1cccc(Cl)c1. The lowest BCUT2D eigenvalue weighted by Crippen LogP contribution is -2.20. The summed E-state index contributed by atoms with van der Waals surface area (Å²) in [6.07, 6.45) is 0. The third kappa shape index (κ3) is 4.71. The number of halogens is 1. The van der Waals surface area contributed by atoms with E-state index in [1.807, 2.05) is 0 Å². The number of carbonyl (C=O) groups excluding carboxylic acids is 1. The Morgan fingerprint density at radius 2 is 2.05 bits per heavy atom. The predicted molar refractivity (Wildman–Crippen MR) is 82.5 cm³/mol. The fraction of sp³-hybridized carbons (Fsp3) is 0.143. The molecule has 8 heteroatoms. The molecule has 0 aliphatic heterocycles. The molecule has 0 bridgehead atoms. The van der Waals surface area contributed by atoms with Gasteiger partial charge in [-0.05, 0) is 30.3 Å². The molecule has 0 aliphatic carbocycles. The zero-order valence-corrected chi connectivity index (χ0v) is 12.8. The number of anilines is 1. The number of furan rings is 1. The Bertz CT molecular complexity index is 728. The number of amides is 1. The molecule has 1 unspecified atom stereocenters. The zero-order valence-electron chi connectivity index (χ0n) is 11.2. The van der Waals surface area contributed by atoms with Gasteiger partial charge in [-0.15, -0.1) is 0 Å². The summed E-state index contributed by atoms with van der Waals surface area (Å²) < 4.78 is 16.9. The minimum absolute atomic E-state index is 0.0315. The van der Waals surface area contributed by atoms with Crippen molar-refractivity contribution in [3.8, 4) is 0 Å². The van der Waals surface area contributed by atoms with Gasteiger partial charge in [0.2, 0.25) is 11.7 Å². The van der Waals surface area contributed by atoms with Crippen molar-refractivity contribution < 1.29 is 23.3 Å². The Hall–Kier alpha value is -2.12. The van der Waals surface area contributed by atoms with Crippen LogP contribution in [-0.4, -0.2) is 26.9 Å². The summed E-state index contributed by atoms with van der Waals surface area (Å²) >= 11 is 5.80. The molecular formula is C14H12ClNO5S. The summed E-state index contributed by atoms with van der Waals surface area (Å²) in [5.74, 6) is -1.85. The van der Waals surface area contributed by atoms with E-state index in [1.54, 1.807) is 24.3 Å². The first-order chi connectivity index (χ1) is 10.4. The average Bonchev–Trinajstić information content (AvgIpc) is 2.86. The molecule has 2 N–H and O–H groups in total. The standard InChI is InChI=1S/C14H12ClNO5S/c15-9-2-1-3-10(6-9)16-13(17)8-22(20)7-11-4-5-12(21-11)14(18)19/h1-6H,7-8H2,(H,16,17)(H,18,19). The van der Waals surface area contributed by atoms with E-state index in [0.717, 1.165) is 0 Å². The van der Waals surface area contributed by atoms with Gasteiger partial charge >= 0.3 is 5.97 Å². The summed E-state index contributed by atoms with van der Waals surface area (Å²) in [6, 6.07) is 9.31. The van der Waals surface area contributed by atoms with Crippen LogP contribution in [0.2, 0.25) is 5.02 Å². The van der Waals surface area contributed by atoms with Gasteiger partial charge in [-0.1, -0.05) is 17.7 Å². The van der Waals surface area contributed by atoms with Crippen molar-refractivity contribution >= 4 is 40.0 Å². The average molecular weight is 342 g/mol. The molecule has 0 aliphatic rings. The van der Waals surface area contributed by atoms with Crippen LogP contribution in [0.4, 0.5) is 5.69 Å². The van der Waals surface area contributed by atoms with Crippen LogP contribution in [0.25, 0.3) is 0 Å². The molecule has 22 heavy (non-hydrogen) atoms. The maximum absolute atomic E-state index is 11.9. The Kier molecular flexibility index (Phi) is 5.35. The number of rotatable bonds is 6. The van der Waals surface area contributed by atoms with Crippen LogP contribution in [0.1, 0.15) is 16.3 Å². The minimum Gasteiger partial charge on any atom is -0.475 e. The van der Waals surface area contributed by atoms with Crippen LogP contribution in [0.5, 0.6) is 0 Å². The molecule has 1 aromatic heterocycles. The van der Waals surface area contributed by atoms with Gasteiger partial charge in [0.05, 0.1) is 5.75 Å². The van der Waals surface area contributed by atoms with Crippen molar-refractivity contribution in [1.82, 2.24) is 0 Å². The van der Waals surface area contributed by atoms with Crippen molar-refractivity contribution in [2.45, 2.75) is 5.75 Å². The van der Waals surface area contributed by atoms with E-state index < -0.39 is 22.7 Å². The lowest BCUT2D eigenvalue weighted by molar-refractivity contribution is -0.113. The van der Waals surface area contributed by atoms with Gasteiger partial charge in [-0.25, -0.2) is 4.79 Å². The lowest BCUT2D eigenvalue weighted by atomic mass is 10.3. The molecular weight excluding hydrogens is 330 g/mol. The van der Waals surface area contributed by atoms with Crippen LogP contribution in [0, 0.1) is 0 Å². The number of hydrogen-bond donors (Lipinski definition) is 2. The summed E-state index contributed by atoms with van der Waals surface area (Å²) in [5, 5.41) is 11.8. The molecule has 116 valence electrons. The number of nitrogens with one attached hydrogen (secondary N) is 1. The molecule has 0 saturated heterocycles. The Balaban J connectivity index is 1.88. The fourth-order valence-electron chi connectivity index (χ4n) is 1.69. The third-order valence-electron chi connectivity index (χ3n) is 2.58. The van der Waals surface area contributed by atoms with E-state index in [9.17, 15) is 13.8 Å². The molecule has 1 heterocycles. The predicted octanol–water partition coefficient (Wildman–Crippen LogP) is 2.52. The Morgan fingerprint density at radius 1 is 1.27 bits per heavy atom. The first-order valence-electron chi connectivity index (χ1n) is 6.16. The first kappa shape index (κ1) is 16.3. The molecule has 0 fully saturated rings. The maximum atomic E-state index is 11.9. The van der Waals surface area contributed by atoms with E-state index >= 15 is 0 Å². The molecule has 0 spiro atoms. The molecule has 0 radical (unpaired) electrons. The van der Waals surface area contributed by atoms with Crippen molar-refractivity contribution in [3.05, 3.63) is 52.9 Å². The topological polar surface area (TPSA) is 96.6 Å². The molecule has 1 aromatic carbocycles. The Labute approximate surface area is 133 Å². The Morgan fingerprint density at radius 3 is 2.68 bits per heavy atom. The normalized spacial score (nSPS) is 11.9. The first-order valence-corrected chi connectivity index (χ1v) is 8.03. The fourth-order valence-corrected chi connectivity index (χ4v) is 2.82. The zero-order chi connectivity index (χ0) is 16.1. The van der Waals surface area contributed by atoms with Gasteiger partial charge in [0.1, 0.15) is 11.5 Å². The van der Waals surface area contributed by atoms with E-state index in [0.29, 0.717) is 10.7 Å². The molecule has 0 saturated carbocycles. The van der Waals surface area contributed by atoms with Gasteiger partial charge < -0.3 is 14.8 Å². The number of benzene rings is 1. The van der Waals surface area contributed by atoms with Crippen molar-refractivity contribution in [2.75, 3.05) is 11.1 Å². The van der Waals surface area contributed by atoms with Crippen LogP contribution >= 0.6 is 11.6 Å². The van der Waals surface area contributed by atoms with E-state index in [2.05, 4.69) is 5.32 Å². The van der Waals surface area contributed by atoms with Crippen molar-refractivity contribution in [2.24, 2.45) is 0 Å². The highest BCUT2D eigenvalue weighted by Gasteiger charge is 2.14. The van der Waals surface area contributed by atoms with E-state index in [4.69, 9.17) is 21.1 Å². The molecule has 6 nitrogen and oxygen atoms in total. The van der Waals surface area contributed by atoms with Crippen LogP contribution in [0.3, 0.4) is 0 Å². The van der Waals surface area contributed by atoms with Crippen LogP contribution < -0.4 is 5.32 Å². The lowest BCUT2D eigenvalue weighted by Gasteiger charge is -2.05. The maximum Gasteiger partial charge on any atom is 0.371 e. The number of aromatic carboxylic acids is 1.